The Hall–Kier alpha value is -0.870. The molecule has 1 saturated carbocycles. The van der Waals surface area contributed by atoms with Gasteiger partial charge >= 0.3 is 0 Å². The number of rotatable bonds is 6. The van der Waals surface area contributed by atoms with E-state index in [2.05, 4.69) is 46.1 Å². The molecule has 1 aromatic heterocycles. The fraction of sp³-hybridized carbons (Fsp3) is 0.800. The van der Waals surface area contributed by atoms with Crippen LogP contribution in [0.5, 0.6) is 0 Å². The maximum absolute atomic E-state index is 4.65. The van der Waals surface area contributed by atoms with Gasteiger partial charge in [0, 0.05) is 44.0 Å². The van der Waals surface area contributed by atoms with Gasteiger partial charge in [-0.3, -0.25) is 9.58 Å². The summed E-state index contributed by atoms with van der Waals surface area (Å²) in [6, 6.07) is 4.23. The molecule has 1 saturated heterocycles. The molecule has 19 heavy (non-hydrogen) atoms. The molecule has 0 amide bonds. The minimum atomic E-state index is 0.505. The van der Waals surface area contributed by atoms with Crippen LogP contribution in [0.4, 0.5) is 0 Å². The largest absolute Gasteiger partial charge is 0.307 e. The number of hydrogen-bond acceptors (Lipinski definition) is 3. The van der Waals surface area contributed by atoms with Crippen LogP contribution in [0.25, 0.3) is 0 Å². The van der Waals surface area contributed by atoms with Gasteiger partial charge in [-0.25, -0.2) is 0 Å². The van der Waals surface area contributed by atoms with E-state index >= 15 is 0 Å². The van der Waals surface area contributed by atoms with Crippen molar-refractivity contribution >= 4 is 0 Å². The number of hydrogen-bond donors (Lipinski definition) is 1. The maximum atomic E-state index is 4.65. The molecule has 1 aliphatic heterocycles. The highest BCUT2D eigenvalue weighted by Crippen LogP contribution is 2.29. The van der Waals surface area contributed by atoms with Gasteiger partial charge in [-0.15, -0.1) is 0 Å². The molecule has 1 aromatic rings. The van der Waals surface area contributed by atoms with Gasteiger partial charge < -0.3 is 5.32 Å². The molecule has 0 aromatic carbocycles. The predicted molar refractivity (Wildman–Crippen MR) is 77.1 cm³/mol. The van der Waals surface area contributed by atoms with Crippen LogP contribution < -0.4 is 5.32 Å². The Kier molecular flexibility index (Phi) is 3.89. The van der Waals surface area contributed by atoms with Crippen LogP contribution in [0.2, 0.25) is 0 Å². The molecule has 2 unspecified atom stereocenters. The second-order valence-corrected chi connectivity index (χ2v) is 6.14. The standard InChI is InChI=1S/C15H26N4/c1-3-12(2)19-9-7-13(17-19)10-16-14-6-8-18(11-14)15-4-5-15/h7,9,12,14-16H,3-6,8,10-11H2,1-2H3. The maximum Gasteiger partial charge on any atom is 0.0762 e. The van der Waals surface area contributed by atoms with Crippen molar-refractivity contribution in [2.24, 2.45) is 0 Å². The molecule has 0 bridgehead atoms. The number of likely N-dealkylation sites (tertiary alicyclic amines) is 1. The SMILES string of the molecule is CCC(C)n1ccc(CNC2CCN(C3CC3)C2)n1. The average Bonchev–Trinajstić information content (AvgIpc) is 3.00. The van der Waals surface area contributed by atoms with Gasteiger partial charge in [-0.2, -0.15) is 5.10 Å². The molecule has 1 N–H and O–H groups in total. The van der Waals surface area contributed by atoms with Crippen LogP contribution in [0.15, 0.2) is 12.3 Å². The second-order valence-electron chi connectivity index (χ2n) is 6.14. The van der Waals surface area contributed by atoms with Crippen LogP contribution >= 0.6 is 0 Å². The van der Waals surface area contributed by atoms with E-state index in [0.29, 0.717) is 12.1 Å². The van der Waals surface area contributed by atoms with E-state index in [1.807, 2.05) is 0 Å². The quantitative estimate of drug-likeness (QED) is 0.853. The van der Waals surface area contributed by atoms with E-state index in [4.69, 9.17) is 0 Å². The molecular weight excluding hydrogens is 236 g/mol. The summed E-state index contributed by atoms with van der Waals surface area (Å²) in [5.41, 5.74) is 1.17. The topological polar surface area (TPSA) is 33.1 Å². The zero-order chi connectivity index (χ0) is 13.2. The van der Waals surface area contributed by atoms with Crippen molar-refractivity contribution in [2.45, 2.75) is 64.2 Å². The average molecular weight is 262 g/mol. The molecule has 3 rings (SSSR count). The first-order chi connectivity index (χ1) is 9.26. The summed E-state index contributed by atoms with van der Waals surface area (Å²) < 4.78 is 2.09. The smallest absolute Gasteiger partial charge is 0.0762 e. The first-order valence-electron chi connectivity index (χ1n) is 7.77. The van der Waals surface area contributed by atoms with E-state index in [1.54, 1.807) is 0 Å². The molecule has 4 nitrogen and oxygen atoms in total. The van der Waals surface area contributed by atoms with Gasteiger partial charge in [-0.1, -0.05) is 6.92 Å². The van der Waals surface area contributed by atoms with E-state index < -0.39 is 0 Å². The normalized spacial score (nSPS) is 25.9. The van der Waals surface area contributed by atoms with E-state index in [0.717, 1.165) is 19.0 Å². The highest BCUT2D eigenvalue weighted by atomic mass is 15.3. The Morgan fingerprint density at radius 2 is 2.26 bits per heavy atom. The van der Waals surface area contributed by atoms with Crippen molar-refractivity contribution in [1.82, 2.24) is 20.0 Å². The van der Waals surface area contributed by atoms with Crippen molar-refractivity contribution < 1.29 is 0 Å². The predicted octanol–water partition coefficient (Wildman–Crippen LogP) is 2.18. The molecular formula is C15H26N4. The number of nitrogens with one attached hydrogen (secondary N) is 1. The lowest BCUT2D eigenvalue weighted by Crippen LogP contribution is -2.33. The molecule has 2 aliphatic rings. The molecule has 106 valence electrons. The van der Waals surface area contributed by atoms with E-state index in [9.17, 15) is 0 Å². The third-order valence-electron chi connectivity index (χ3n) is 4.56. The van der Waals surface area contributed by atoms with Gasteiger partial charge in [-0.05, 0) is 38.7 Å². The first kappa shape index (κ1) is 13.1. The van der Waals surface area contributed by atoms with Crippen molar-refractivity contribution in [3.8, 4) is 0 Å². The van der Waals surface area contributed by atoms with Gasteiger partial charge in [0.1, 0.15) is 0 Å². The zero-order valence-corrected chi connectivity index (χ0v) is 12.2. The Labute approximate surface area is 116 Å². The summed E-state index contributed by atoms with van der Waals surface area (Å²) >= 11 is 0. The Morgan fingerprint density at radius 1 is 1.42 bits per heavy atom. The lowest BCUT2D eigenvalue weighted by molar-refractivity contribution is 0.317. The zero-order valence-electron chi connectivity index (χ0n) is 12.2. The summed E-state index contributed by atoms with van der Waals surface area (Å²) in [4.78, 5) is 2.65. The molecule has 4 heteroatoms. The summed E-state index contributed by atoms with van der Waals surface area (Å²) in [5.74, 6) is 0. The number of nitrogens with zero attached hydrogens (tertiary/aromatic N) is 3. The van der Waals surface area contributed by atoms with Crippen LogP contribution in [-0.2, 0) is 6.54 Å². The highest BCUT2D eigenvalue weighted by Gasteiger charge is 2.34. The van der Waals surface area contributed by atoms with Gasteiger partial charge in [0.15, 0.2) is 0 Å². The molecule has 2 heterocycles. The minimum Gasteiger partial charge on any atom is -0.307 e. The van der Waals surface area contributed by atoms with Gasteiger partial charge in [0.05, 0.1) is 5.69 Å². The minimum absolute atomic E-state index is 0.505. The third kappa shape index (κ3) is 3.18. The van der Waals surface area contributed by atoms with Crippen molar-refractivity contribution in [3.05, 3.63) is 18.0 Å². The van der Waals surface area contributed by atoms with E-state index in [-0.39, 0.29) is 0 Å². The molecule has 0 radical (unpaired) electrons. The number of aromatic nitrogens is 2. The third-order valence-corrected chi connectivity index (χ3v) is 4.56. The van der Waals surface area contributed by atoms with Crippen LogP contribution in [0, 0.1) is 0 Å². The van der Waals surface area contributed by atoms with Crippen LogP contribution in [0.3, 0.4) is 0 Å². The summed E-state index contributed by atoms with van der Waals surface area (Å²) in [5, 5.41) is 8.31. The summed E-state index contributed by atoms with van der Waals surface area (Å²) in [6.07, 6.45) is 7.38. The first-order valence-corrected chi connectivity index (χ1v) is 7.77. The van der Waals surface area contributed by atoms with Crippen molar-refractivity contribution in [3.63, 3.8) is 0 Å². The Morgan fingerprint density at radius 3 is 3.00 bits per heavy atom. The fourth-order valence-corrected chi connectivity index (χ4v) is 2.88. The van der Waals surface area contributed by atoms with Gasteiger partial charge in [0.2, 0.25) is 0 Å². The van der Waals surface area contributed by atoms with Gasteiger partial charge in [0.25, 0.3) is 0 Å². The van der Waals surface area contributed by atoms with Crippen molar-refractivity contribution in [2.75, 3.05) is 13.1 Å². The van der Waals surface area contributed by atoms with Crippen molar-refractivity contribution in [1.29, 1.82) is 0 Å². The second kappa shape index (κ2) is 5.63. The Bertz CT molecular complexity index is 410. The molecule has 2 fully saturated rings. The lowest BCUT2D eigenvalue weighted by atomic mass is 10.2. The van der Waals surface area contributed by atoms with Crippen LogP contribution in [-0.4, -0.2) is 39.9 Å². The van der Waals surface area contributed by atoms with Crippen LogP contribution in [0.1, 0.15) is 51.3 Å². The highest BCUT2D eigenvalue weighted by molar-refractivity contribution is 5.00. The molecule has 0 spiro atoms. The van der Waals surface area contributed by atoms with E-state index in [1.165, 1.54) is 38.0 Å². The molecule has 1 aliphatic carbocycles. The summed E-state index contributed by atoms with van der Waals surface area (Å²) in [6.45, 7) is 7.84. The lowest BCUT2D eigenvalue weighted by Gasteiger charge is -2.15. The monoisotopic (exact) mass is 262 g/mol. The molecule has 2 atom stereocenters. The summed E-state index contributed by atoms with van der Waals surface area (Å²) in [7, 11) is 0. The Balaban J connectivity index is 1.45. The fourth-order valence-electron chi connectivity index (χ4n) is 2.88.